The number of H-pyrrole nitrogens is 1. The maximum Gasteiger partial charge on any atom is 0.242 e. The van der Waals surface area contributed by atoms with Gasteiger partial charge < -0.3 is 14.6 Å². The predicted molar refractivity (Wildman–Crippen MR) is 107 cm³/mol. The molecule has 0 bridgehead atoms. The van der Waals surface area contributed by atoms with Crippen LogP contribution in [0.5, 0.6) is 0 Å². The quantitative estimate of drug-likeness (QED) is 0.668. The van der Waals surface area contributed by atoms with Crippen LogP contribution in [0, 0.1) is 11.3 Å². The number of benzene rings is 1. The Balaban J connectivity index is 1.61. The molecular formula is C19H20N6O3S. The Hall–Kier alpha value is -2.74. The number of anilines is 1. The number of rotatable bonds is 4. The SMILES string of the molecule is CC1COCCN1c1ncnc2[nH]c3cc(S(=O)(=O)NC4(C#N)CC4)ccc3c12. The molecule has 0 amide bonds. The number of hydrogen-bond acceptors (Lipinski definition) is 7. The lowest BCUT2D eigenvalue weighted by molar-refractivity contribution is 0.0987. The summed E-state index contributed by atoms with van der Waals surface area (Å²) in [5.41, 5.74) is 0.355. The minimum Gasteiger partial charge on any atom is -0.377 e. The fourth-order valence-corrected chi connectivity index (χ4v) is 5.20. The lowest BCUT2D eigenvalue weighted by Gasteiger charge is -2.34. The van der Waals surface area contributed by atoms with Gasteiger partial charge in [0.1, 0.15) is 23.3 Å². The summed E-state index contributed by atoms with van der Waals surface area (Å²) < 4.78 is 33.5. The first-order chi connectivity index (χ1) is 13.9. The third-order valence-corrected chi connectivity index (χ3v) is 7.12. The van der Waals surface area contributed by atoms with Gasteiger partial charge in [0.05, 0.1) is 35.6 Å². The van der Waals surface area contributed by atoms with E-state index in [-0.39, 0.29) is 10.9 Å². The van der Waals surface area contributed by atoms with Crippen LogP contribution in [-0.4, -0.2) is 54.7 Å². The van der Waals surface area contributed by atoms with Crippen molar-refractivity contribution in [1.82, 2.24) is 19.7 Å². The van der Waals surface area contributed by atoms with Crippen LogP contribution in [-0.2, 0) is 14.8 Å². The Labute approximate surface area is 167 Å². The van der Waals surface area contributed by atoms with Crippen molar-refractivity contribution in [2.45, 2.75) is 36.2 Å². The largest absolute Gasteiger partial charge is 0.377 e. The lowest BCUT2D eigenvalue weighted by atomic mass is 10.1. The maximum atomic E-state index is 12.7. The summed E-state index contributed by atoms with van der Waals surface area (Å²) in [4.78, 5) is 14.4. The van der Waals surface area contributed by atoms with E-state index in [1.165, 1.54) is 6.33 Å². The van der Waals surface area contributed by atoms with Gasteiger partial charge in [0.15, 0.2) is 0 Å². The molecule has 2 aromatic heterocycles. The highest BCUT2D eigenvalue weighted by molar-refractivity contribution is 7.89. The van der Waals surface area contributed by atoms with Gasteiger partial charge in [0.25, 0.3) is 0 Å². The van der Waals surface area contributed by atoms with E-state index in [1.807, 2.05) is 0 Å². The summed E-state index contributed by atoms with van der Waals surface area (Å²) in [5.74, 6) is 0.812. The first-order valence-corrected chi connectivity index (χ1v) is 11.0. The molecule has 3 aromatic rings. The van der Waals surface area contributed by atoms with Crippen molar-refractivity contribution >= 4 is 37.8 Å². The van der Waals surface area contributed by atoms with Crippen molar-refractivity contribution < 1.29 is 13.2 Å². The average molecular weight is 412 g/mol. The molecule has 1 saturated heterocycles. The zero-order valence-corrected chi connectivity index (χ0v) is 16.7. The van der Waals surface area contributed by atoms with Crippen molar-refractivity contribution in [2.75, 3.05) is 24.7 Å². The van der Waals surface area contributed by atoms with Gasteiger partial charge in [-0.05, 0) is 31.9 Å². The third kappa shape index (κ3) is 3.02. The highest BCUT2D eigenvalue weighted by Gasteiger charge is 2.46. The zero-order chi connectivity index (χ0) is 20.2. The van der Waals surface area contributed by atoms with E-state index in [4.69, 9.17) is 4.74 Å². The summed E-state index contributed by atoms with van der Waals surface area (Å²) in [7, 11) is -3.79. The van der Waals surface area contributed by atoms with Crippen LogP contribution in [0.2, 0.25) is 0 Å². The summed E-state index contributed by atoms with van der Waals surface area (Å²) in [6.07, 6.45) is 2.58. The van der Waals surface area contributed by atoms with Crippen molar-refractivity contribution in [2.24, 2.45) is 0 Å². The highest BCUT2D eigenvalue weighted by atomic mass is 32.2. The number of aromatic nitrogens is 3. The number of morpholine rings is 1. The van der Waals surface area contributed by atoms with Crippen molar-refractivity contribution in [1.29, 1.82) is 5.26 Å². The average Bonchev–Trinajstić information content (AvgIpc) is 3.37. The molecule has 2 aliphatic rings. The molecule has 150 valence electrons. The Morgan fingerprint density at radius 2 is 2.21 bits per heavy atom. The smallest absolute Gasteiger partial charge is 0.242 e. The van der Waals surface area contributed by atoms with Crippen LogP contribution >= 0.6 is 0 Å². The minimum atomic E-state index is -3.79. The lowest BCUT2D eigenvalue weighted by Crippen LogP contribution is -2.44. The molecule has 1 aliphatic heterocycles. The van der Waals surface area contributed by atoms with Gasteiger partial charge in [-0.1, -0.05) is 6.07 Å². The fraction of sp³-hybridized carbons (Fsp3) is 0.421. The summed E-state index contributed by atoms with van der Waals surface area (Å²) in [6.45, 7) is 4.07. The number of aromatic amines is 1. The minimum absolute atomic E-state index is 0.118. The fourth-order valence-electron chi connectivity index (χ4n) is 3.80. The topological polar surface area (TPSA) is 124 Å². The van der Waals surface area contributed by atoms with Gasteiger partial charge in [-0.25, -0.2) is 18.4 Å². The molecule has 2 fully saturated rings. The second kappa shape index (κ2) is 6.38. The van der Waals surface area contributed by atoms with Crippen LogP contribution in [0.25, 0.3) is 21.9 Å². The number of nitrogens with zero attached hydrogens (tertiary/aromatic N) is 4. The molecule has 1 saturated carbocycles. The van der Waals surface area contributed by atoms with E-state index >= 15 is 0 Å². The molecule has 1 aliphatic carbocycles. The molecule has 3 heterocycles. The van der Waals surface area contributed by atoms with Gasteiger partial charge in [-0.2, -0.15) is 9.98 Å². The van der Waals surface area contributed by atoms with Crippen LogP contribution in [0.3, 0.4) is 0 Å². The third-order valence-electron chi connectivity index (χ3n) is 5.58. The number of sulfonamides is 1. The van der Waals surface area contributed by atoms with Crippen molar-refractivity contribution in [3.63, 3.8) is 0 Å². The summed E-state index contributed by atoms with van der Waals surface area (Å²) in [6, 6.07) is 7.14. The molecule has 1 unspecified atom stereocenters. The van der Waals surface area contributed by atoms with E-state index in [0.717, 1.165) is 23.1 Å². The van der Waals surface area contributed by atoms with Crippen LogP contribution in [0.4, 0.5) is 5.82 Å². The van der Waals surface area contributed by atoms with E-state index in [2.05, 4.69) is 37.6 Å². The van der Waals surface area contributed by atoms with Gasteiger partial charge >= 0.3 is 0 Å². The zero-order valence-electron chi connectivity index (χ0n) is 15.8. The summed E-state index contributed by atoms with van der Waals surface area (Å²) in [5, 5.41) is 10.9. The first-order valence-electron chi connectivity index (χ1n) is 9.48. The first kappa shape index (κ1) is 18.3. The Bertz CT molecular complexity index is 1260. The van der Waals surface area contributed by atoms with Gasteiger partial charge in [0, 0.05) is 17.4 Å². The Morgan fingerprint density at radius 3 is 2.93 bits per heavy atom. The van der Waals surface area contributed by atoms with Crippen LogP contribution in [0.1, 0.15) is 19.8 Å². The van der Waals surface area contributed by atoms with Gasteiger partial charge in [0.2, 0.25) is 10.0 Å². The highest BCUT2D eigenvalue weighted by Crippen LogP contribution is 2.37. The molecule has 9 nitrogen and oxygen atoms in total. The van der Waals surface area contributed by atoms with Crippen LogP contribution in [0.15, 0.2) is 29.4 Å². The Kier molecular flexibility index (Phi) is 4.03. The standard InChI is InChI=1S/C19H20N6O3S/c1-12-9-28-7-6-25(12)18-16-14-3-2-13(8-15(14)23-17(16)21-11-22-18)29(26,27)24-19(10-20)4-5-19/h2-3,8,11-12,24H,4-7,9H2,1H3,(H,21,22,23). The maximum absolute atomic E-state index is 12.7. The molecular weight excluding hydrogens is 392 g/mol. The van der Waals surface area contributed by atoms with Gasteiger partial charge in [-0.15, -0.1) is 0 Å². The van der Waals surface area contributed by atoms with E-state index in [1.54, 1.807) is 18.2 Å². The van der Waals surface area contributed by atoms with E-state index < -0.39 is 15.6 Å². The van der Waals surface area contributed by atoms with Crippen LogP contribution < -0.4 is 9.62 Å². The molecule has 1 aromatic carbocycles. The monoisotopic (exact) mass is 412 g/mol. The number of ether oxygens (including phenoxy) is 1. The van der Waals surface area contributed by atoms with E-state index in [0.29, 0.717) is 37.2 Å². The van der Waals surface area contributed by atoms with E-state index in [9.17, 15) is 13.7 Å². The molecule has 0 spiro atoms. The molecule has 1 atom stereocenters. The number of nitrogens with one attached hydrogen (secondary N) is 2. The van der Waals surface area contributed by atoms with Crippen molar-refractivity contribution in [3.8, 4) is 6.07 Å². The molecule has 29 heavy (non-hydrogen) atoms. The second-order valence-corrected chi connectivity index (χ2v) is 9.35. The normalized spacial score (nSPS) is 21.4. The predicted octanol–water partition coefficient (Wildman–Crippen LogP) is 1.67. The second-order valence-electron chi connectivity index (χ2n) is 7.67. The molecule has 5 rings (SSSR count). The number of nitriles is 1. The summed E-state index contributed by atoms with van der Waals surface area (Å²) >= 11 is 0. The Morgan fingerprint density at radius 1 is 1.38 bits per heavy atom. The molecule has 10 heteroatoms. The van der Waals surface area contributed by atoms with Crippen molar-refractivity contribution in [3.05, 3.63) is 24.5 Å². The number of fused-ring (bicyclic) bond motifs is 3. The molecule has 2 N–H and O–H groups in total. The number of hydrogen-bond donors (Lipinski definition) is 2. The molecule has 0 radical (unpaired) electrons. The van der Waals surface area contributed by atoms with Gasteiger partial charge in [-0.3, -0.25) is 0 Å².